The van der Waals surface area contributed by atoms with Crippen molar-refractivity contribution in [3.05, 3.63) is 48.0 Å². The molecule has 1 saturated heterocycles. The van der Waals surface area contributed by atoms with Crippen molar-refractivity contribution >= 4 is 5.91 Å². The molecule has 0 bridgehead atoms. The summed E-state index contributed by atoms with van der Waals surface area (Å²) >= 11 is 0. The van der Waals surface area contributed by atoms with Crippen LogP contribution in [0.1, 0.15) is 5.56 Å². The van der Waals surface area contributed by atoms with Gasteiger partial charge in [-0.3, -0.25) is 9.69 Å². The minimum atomic E-state index is -0.0291. The molecule has 0 spiro atoms. The van der Waals surface area contributed by atoms with Crippen LogP contribution in [0.4, 0.5) is 0 Å². The molecule has 1 N–H and O–H groups in total. The van der Waals surface area contributed by atoms with Crippen molar-refractivity contribution < 1.29 is 23.7 Å². The van der Waals surface area contributed by atoms with E-state index in [-0.39, 0.29) is 11.8 Å². The standard InChI is InChI=1S/C24H32N2O5/c1-25-24(27)14-26(2)13-20-12-19(21-6-4-5-7-23(21)28-3)8-9-22(20)31-17-18-15-29-10-11-30-16-18/h4-9,12,18H,10-11,13-17H2,1-3H3,(H,25,27). The summed E-state index contributed by atoms with van der Waals surface area (Å²) in [6.45, 7) is 3.90. The van der Waals surface area contributed by atoms with Crippen LogP contribution in [-0.4, -0.2) is 71.6 Å². The molecule has 168 valence electrons. The summed E-state index contributed by atoms with van der Waals surface area (Å²) in [4.78, 5) is 13.8. The highest BCUT2D eigenvalue weighted by Gasteiger charge is 2.17. The van der Waals surface area contributed by atoms with E-state index in [1.165, 1.54) is 0 Å². The van der Waals surface area contributed by atoms with Gasteiger partial charge in [0.1, 0.15) is 11.5 Å². The predicted octanol–water partition coefficient (Wildman–Crippen LogP) is 2.58. The molecule has 1 amide bonds. The van der Waals surface area contributed by atoms with Crippen LogP contribution in [0.3, 0.4) is 0 Å². The molecule has 0 radical (unpaired) electrons. The van der Waals surface area contributed by atoms with Gasteiger partial charge < -0.3 is 24.3 Å². The zero-order chi connectivity index (χ0) is 22.1. The van der Waals surface area contributed by atoms with Crippen LogP contribution in [0.25, 0.3) is 11.1 Å². The lowest BCUT2D eigenvalue weighted by Gasteiger charge is -2.21. The lowest BCUT2D eigenvalue weighted by Crippen LogP contribution is -2.32. The van der Waals surface area contributed by atoms with E-state index >= 15 is 0 Å². The highest BCUT2D eigenvalue weighted by Crippen LogP contribution is 2.33. The summed E-state index contributed by atoms with van der Waals surface area (Å²) in [6.07, 6.45) is 0. The van der Waals surface area contributed by atoms with Gasteiger partial charge in [-0.05, 0) is 30.8 Å². The number of hydrogen-bond acceptors (Lipinski definition) is 6. The van der Waals surface area contributed by atoms with E-state index in [4.69, 9.17) is 18.9 Å². The van der Waals surface area contributed by atoms with E-state index in [2.05, 4.69) is 11.4 Å². The van der Waals surface area contributed by atoms with Crippen LogP contribution in [0.15, 0.2) is 42.5 Å². The molecule has 7 heteroatoms. The van der Waals surface area contributed by atoms with Crippen molar-refractivity contribution in [2.45, 2.75) is 6.54 Å². The van der Waals surface area contributed by atoms with Gasteiger partial charge in [-0.25, -0.2) is 0 Å². The van der Waals surface area contributed by atoms with E-state index in [1.807, 2.05) is 48.3 Å². The quantitative estimate of drug-likeness (QED) is 0.662. The number of carbonyl (C=O) groups excluding carboxylic acids is 1. The van der Waals surface area contributed by atoms with Crippen molar-refractivity contribution in [2.75, 3.05) is 60.8 Å². The average molecular weight is 429 g/mol. The highest BCUT2D eigenvalue weighted by molar-refractivity contribution is 5.77. The molecule has 31 heavy (non-hydrogen) atoms. The third-order valence-corrected chi connectivity index (χ3v) is 5.16. The van der Waals surface area contributed by atoms with Crippen LogP contribution in [-0.2, 0) is 20.8 Å². The molecule has 0 aromatic heterocycles. The molecular weight excluding hydrogens is 396 g/mol. The number of hydrogen-bond donors (Lipinski definition) is 1. The minimum absolute atomic E-state index is 0.0291. The third-order valence-electron chi connectivity index (χ3n) is 5.16. The van der Waals surface area contributed by atoms with Crippen LogP contribution in [0.2, 0.25) is 0 Å². The Balaban J connectivity index is 1.83. The van der Waals surface area contributed by atoms with Crippen molar-refractivity contribution in [1.82, 2.24) is 10.2 Å². The number of amides is 1. The fraction of sp³-hybridized carbons (Fsp3) is 0.458. The maximum Gasteiger partial charge on any atom is 0.233 e. The number of likely N-dealkylation sites (N-methyl/N-ethyl adjacent to an activating group) is 2. The number of para-hydroxylation sites is 1. The van der Waals surface area contributed by atoms with Crippen LogP contribution >= 0.6 is 0 Å². The first-order chi connectivity index (χ1) is 15.1. The summed E-state index contributed by atoms with van der Waals surface area (Å²) in [5.74, 6) is 1.77. The van der Waals surface area contributed by atoms with Crippen LogP contribution in [0, 0.1) is 5.92 Å². The largest absolute Gasteiger partial charge is 0.496 e. The van der Waals surface area contributed by atoms with E-state index in [0.29, 0.717) is 46.1 Å². The van der Waals surface area contributed by atoms with E-state index in [0.717, 1.165) is 28.2 Å². The number of benzene rings is 2. The summed E-state index contributed by atoms with van der Waals surface area (Å²) in [6, 6.07) is 14.1. The van der Waals surface area contributed by atoms with Gasteiger partial charge in [0.05, 0.1) is 46.7 Å². The molecule has 1 fully saturated rings. The molecule has 0 unspecified atom stereocenters. The molecule has 0 atom stereocenters. The zero-order valence-electron chi connectivity index (χ0n) is 18.6. The Labute approximate surface area is 184 Å². The summed E-state index contributed by atoms with van der Waals surface area (Å²) in [7, 11) is 5.23. The molecule has 7 nitrogen and oxygen atoms in total. The van der Waals surface area contributed by atoms with E-state index in [9.17, 15) is 4.79 Å². The van der Waals surface area contributed by atoms with Crippen molar-refractivity contribution in [3.8, 4) is 22.6 Å². The second-order valence-electron chi connectivity index (χ2n) is 7.70. The normalized spacial score (nSPS) is 14.8. The van der Waals surface area contributed by atoms with Gasteiger partial charge in [-0.2, -0.15) is 0 Å². The first-order valence-electron chi connectivity index (χ1n) is 10.5. The third kappa shape index (κ3) is 6.69. The number of carbonyl (C=O) groups is 1. The molecule has 2 aromatic rings. The fourth-order valence-corrected chi connectivity index (χ4v) is 3.54. The summed E-state index contributed by atoms with van der Waals surface area (Å²) in [5, 5.41) is 2.67. The molecule has 1 aliphatic heterocycles. The Kier molecular flexibility index (Phi) is 8.70. The number of ether oxygens (including phenoxy) is 4. The predicted molar refractivity (Wildman–Crippen MR) is 119 cm³/mol. The van der Waals surface area contributed by atoms with Gasteiger partial charge in [-0.1, -0.05) is 24.3 Å². The summed E-state index contributed by atoms with van der Waals surface area (Å²) < 4.78 is 22.9. The topological polar surface area (TPSA) is 69.3 Å². The number of nitrogens with zero attached hydrogens (tertiary/aromatic N) is 1. The molecular formula is C24H32N2O5. The lowest BCUT2D eigenvalue weighted by molar-refractivity contribution is -0.121. The highest BCUT2D eigenvalue weighted by atomic mass is 16.5. The van der Waals surface area contributed by atoms with Crippen molar-refractivity contribution in [3.63, 3.8) is 0 Å². The first-order valence-corrected chi connectivity index (χ1v) is 10.5. The molecule has 0 saturated carbocycles. The van der Waals surface area contributed by atoms with Gasteiger partial charge in [0.25, 0.3) is 0 Å². The van der Waals surface area contributed by atoms with Crippen LogP contribution < -0.4 is 14.8 Å². The molecule has 3 rings (SSSR count). The first kappa shape index (κ1) is 23.1. The minimum Gasteiger partial charge on any atom is -0.496 e. The molecule has 0 aliphatic carbocycles. The monoisotopic (exact) mass is 428 g/mol. The number of rotatable bonds is 9. The van der Waals surface area contributed by atoms with E-state index < -0.39 is 0 Å². The lowest BCUT2D eigenvalue weighted by atomic mass is 10.0. The Morgan fingerprint density at radius 1 is 1.13 bits per heavy atom. The molecule has 1 aliphatic rings. The Bertz CT molecular complexity index is 850. The van der Waals surface area contributed by atoms with Crippen molar-refractivity contribution in [2.24, 2.45) is 5.92 Å². The Morgan fingerprint density at radius 3 is 2.58 bits per heavy atom. The maximum atomic E-state index is 11.8. The SMILES string of the molecule is CNC(=O)CN(C)Cc1cc(-c2ccccc2OC)ccc1OCC1COCCOC1. The molecule has 1 heterocycles. The fourth-order valence-electron chi connectivity index (χ4n) is 3.54. The zero-order valence-corrected chi connectivity index (χ0v) is 18.6. The van der Waals surface area contributed by atoms with Crippen LogP contribution in [0.5, 0.6) is 11.5 Å². The molecule has 2 aromatic carbocycles. The number of nitrogens with one attached hydrogen (secondary N) is 1. The van der Waals surface area contributed by atoms with Crippen molar-refractivity contribution in [1.29, 1.82) is 0 Å². The van der Waals surface area contributed by atoms with Gasteiger partial charge in [-0.15, -0.1) is 0 Å². The van der Waals surface area contributed by atoms with Gasteiger partial charge in [0, 0.05) is 30.6 Å². The smallest absolute Gasteiger partial charge is 0.233 e. The maximum absolute atomic E-state index is 11.8. The van der Waals surface area contributed by atoms with Gasteiger partial charge in [0.2, 0.25) is 5.91 Å². The van der Waals surface area contributed by atoms with E-state index in [1.54, 1.807) is 14.2 Å². The second kappa shape index (κ2) is 11.7. The van der Waals surface area contributed by atoms with Gasteiger partial charge >= 0.3 is 0 Å². The number of methoxy groups -OCH3 is 1. The Hall–Kier alpha value is -2.61. The average Bonchev–Trinajstić information content (AvgIpc) is 3.07. The summed E-state index contributed by atoms with van der Waals surface area (Å²) in [5.41, 5.74) is 3.05. The second-order valence-corrected chi connectivity index (χ2v) is 7.70. The Morgan fingerprint density at radius 2 is 1.87 bits per heavy atom. The van der Waals surface area contributed by atoms with Gasteiger partial charge in [0.15, 0.2) is 0 Å².